The Hall–Kier alpha value is -2.34. The van der Waals surface area contributed by atoms with E-state index >= 15 is 0 Å². The molecular formula is C16H25N7O4. The predicted octanol–water partition coefficient (Wildman–Crippen LogP) is -0.146. The summed E-state index contributed by atoms with van der Waals surface area (Å²) >= 11 is 0. The van der Waals surface area contributed by atoms with Gasteiger partial charge in [0.2, 0.25) is 5.95 Å². The van der Waals surface area contributed by atoms with Gasteiger partial charge in [-0.2, -0.15) is 15.1 Å². The second-order valence-corrected chi connectivity index (χ2v) is 6.88. The quantitative estimate of drug-likeness (QED) is 0.325. The largest absolute Gasteiger partial charge is 0.394 e. The minimum Gasteiger partial charge on any atom is -0.394 e. The molecule has 3 rings (SSSR count). The maximum Gasteiger partial charge on any atom is 0.247 e. The molecule has 6 N–H and O–H groups in total. The van der Waals surface area contributed by atoms with Crippen LogP contribution in [-0.4, -0.2) is 66.0 Å². The number of nitrogens with one attached hydrogen (secondary N) is 1. The molecule has 0 radical (unpaired) electrons. The predicted molar refractivity (Wildman–Crippen MR) is 98.9 cm³/mol. The number of rotatable bonds is 7. The van der Waals surface area contributed by atoms with Crippen LogP contribution in [0.1, 0.15) is 32.9 Å². The van der Waals surface area contributed by atoms with E-state index in [-0.39, 0.29) is 11.8 Å². The van der Waals surface area contributed by atoms with E-state index in [9.17, 15) is 15.3 Å². The molecule has 0 aliphatic carbocycles. The molecule has 1 aliphatic rings. The van der Waals surface area contributed by atoms with Gasteiger partial charge >= 0.3 is 0 Å². The third-order valence-electron chi connectivity index (χ3n) is 4.37. The Kier molecular flexibility index (Phi) is 5.85. The van der Waals surface area contributed by atoms with E-state index in [0.717, 1.165) is 12.8 Å². The lowest BCUT2D eigenvalue weighted by Crippen LogP contribution is -2.33. The summed E-state index contributed by atoms with van der Waals surface area (Å²) in [4.78, 5) is 12.6. The summed E-state index contributed by atoms with van der Waals surface area (Å²) in [6, 6.07) is 0. The van der Waals surface area contributed by atoms with Crippen LogP contribution >= 0.6 is 0 Å². The number of nitrogens with zero attached hydrogens (tertiary/aromatic N) is 5. The van der Waals surface area contributed by atoms with E-state index in [2.05, 4.69) is 39.3 Å². The maximum absolute atomic E-state index is 10.2. The normalized spacial score (nSPS) is 25.9. The molecule has 2 aromatic rings. The number of nitrogens with two attached hydrogens (primary N) is 1. The first-order chi connectivity index (χ1) is 12.9. The first kappa shape index (κ1) is 19.4. The molecule has 0 unspecified atom stereocenters. The number of anilines is 2. The molecule has 1 saturated heterocycles. The van der Waals surface area contributed by atoms with Gasteiger partial charge in [-0.1, -0.05) is 13.8 Å². The van der Waals surface area contributed by atoms with Crippen LogP contribution in [0.15, 0.2) is 11.4 Å². The zero-order valence-electron chi connectivity index (χ0n) is 15.2. The number of hydrogen-bond acceptors (Lipinski definition) is 10. The van der Waals surface area contributed by atoms with Gasteiger partial charge in [-0.3, -0.25) is 4.57 Å². The van der Waals surface area contributed by atoms with Crippen LogP contribution in [0.2, 0.25) is 0 Å². The van der Waals surface area contributed by atoms with Crippen molar-refractivity contribution in [2.24, 2.45) is 11.0 Å². The van der Waals surface area contributed by atoms with Gasteiger partial charge < -0.3 is 25.8 Å². The second kappa shape index (κ2) is 8.13. The first-order valence-electron chi connectivity index (χ1n) is 8.82. The lowest BCUT2D eigenvalue weighted by Gasteiger charge is -2.16. The zero-order valence-corrected chi connectivity index (χ0v) is 15.2. The molecule has 2 aromatic heterocycles. The van der Waals surface area contributed by atoms with Crippen molar-refractivity contribution in [3.63, 3.8) is 0 Å². The summed E-state index contributed by atoms with van der Waals surface area (Å²) in [6.07, 6.45) is 0.650. The SMILES string of the molecule is CC(C)CCC=NNc1nc(N)c2ncn([C@@H]3O[C@H](CO)[C@@H](O)[C@H]3O)c2n1. The van der Waals surface area contributed by atoms with Crippen LogP contribution in [0, 0.1) is 5.92 Å². The molecule has 11 nitrogen and oxygen atoms in total. The highest BCUT2D eigenvalue weighted by Crippen LogP contribution is 2.32. The maximum atomic E-state index is 10.2. The van der Waals surface area contributed by atoms with Crippen LogP contribution in [0.25, 0.3) is 11.2 Å². The number of fused-ring (bicyclic) bond motifs is 1. The Morgan fingerprint density at radius 1 is 1.37 bits per heavy atom. The van der Waals surface area contributed by atoms with Gasteiger partial charge in [0, 0.05) is 6.21 Å². The molecule has 27 heavy (non-hydrogen) atoms. The number of nitrogen functional groups attached to an aromatic ring is 1. The van der Waals surface area contributed by atoms with Crippen LogP contribution < -0.4 is 11.2 Å². The number of ether oxygens (including phenoxy) is 1. The standard InChI is InChI=1S/C16H25N7O4/c1-8(2)4-3-5-19-22-16-20-13(17)10-14(21-16)23(7-18-10)15-12(26)11(25)9(6-24)27-15/h5,7-9,11-12,15,24-26H,3-4,6H2,1-2H3,(H3,17,20,21,22)/t9-,11-,12-,15-/m1/s1. The van der Waals surface area contributed by atoms with E-state index in [1.165, 1.54) is 10.9 Å². The molecule has 148 valence electrons. The Morgan fingerprint density at radius 2 is 2.15 bits per heavy atom. The van der Waals surface area contributed by atoms with E-state index in [1.54, 1.807) is 6.21 Å². The Bertz CT molecular complexity index is 809. The zero-order chi connectivity index (χ0) is 19.6. The number of aromatic nitrogens is 4. The van der Waals surface area contributed by atoms with Gasteiger partial charge in [-0.25, -0.2) is 10.4 Å². The van der Waals surface area contributed by atoms with Crippen molar-refractivity contribution in [1.29, 1.82) is 0 Å². The molecule has 3 heterocycles. The molecule has 1 fully saturated rings. The van der Waals surface area contributed by atoms with Crippen molar-refractivity contribution in [2.45, 2.75) is 51.2 Å². The van der Waals surface area contributed by atoms with E-state index < -0.39 is 31.1 Å². The van der Waals surface area contributed by atoms with Gasteiger partial charge in [0.25, 0.3) is 0 Å². The summed E-state index contributed by atoms with van der Waals surface area (Å²) in [7, 11) is 0. The fourth-order valence-corrected chi connectivity index (χ4v) is 2.86. The number of hydrazone groups is 1. The molecule has 0 amide bonds. The second-order valence-electron chi connectivity index (χ2n) is 6.88. The third kappa shape index (κ3) is 4.00. The smallest absolute Gasteiger partial charge is 0.247 e. The van der Waals surface area contributed by atoms with Crippen molar-refractivity contribution in [3.8, 4) is 0 Å². The lowest BCUT2D eigenvalue weighted by molar-refractivity contribution is -0.0511. The summed E-state index contributed by atoms with van der Waals surface area (Å²) < 4.78 is 6.97. The molecule has 0 aromatic carbocycles. The summed E-state index contributed by atoms with van der Waals surface area (Å²) in [5.41, 5.74) is 9.33. The van der Waals surface area contributed by atoms with Gasteiger partial charge in [-0.15, -0.1) is 0 Å². The third-order valence-corrected chi connectivity index (χ3v) is 4.37. The summed E-state index contributed by atoms with van der Waals surface area (Å²) in [5.74, 6) is 0.907. The fraction of sp³-hybridized carbons (Fsp3) is 0.625. The Morgan fingerprint density at radius 3 is 2.81 bits per heavy atom. The number of aliphatic hydroxyl groups is 3. The highest BCUT2D eigenvalue weighted by atomic mass is 16.6. The Balaban J connectivity index is 1.83. The summed E-state index contributed by atoms with van der Waals surface area (Å²) in [5, 5.41) is 33.5. The van der Waals surface area contributed by atoms with Gasteiger partial charge in [0.05, 0.1) is 12.9 Å². The molecule has 0 spiro atoms. The average Bonchev–Trinajstić information content (AvgIpc) is 3.16. The van der Waals surface area contributed by atoms with Crippen molar-refractivity contribution >= 4 is 29.1 Å². The Labute approximate surface area is 155 Å². The van der Waals surface area contributed by atoms with Crippen LogP contribution in [0.5, 0.6) is 0 Å². The monoisotopic (exact) mass is 379 g/mol. The average molecular weight is 379 g/mol. The minimum atomic E-state index is -1.25. The number of aliphatic hydroxyl groups excluding tert-OH is 3. The number of hydrogen-bond donors (Lipinski definition) is 5. The highest BCUT2D eigenvalue weighted by molar-refractivity contribution is 5.83. The highest BCUT2D eigenvalue weighted by Gasteiger charge is 2.44. The topological polar surface area (TPSA) is 164 Å². The molecular weight excluding hydrogens is 354 g/mol. The molecule has 0 saturated carbocycles. The van der Waals surface area contributed by atoms with Crippen LogP contribution in [0.3, 0.4) is 0 Å². The van der Waals surface area contributed by atoms with E-state index in [4.69, 9.17) is 10.5 Å². The lowest BCUT2D eigenvalue weighted by atomic mass is 10.1. The van der Waals surface area contributed by atoms with E-state index in [1.807, 2.05) is 0 Å². The molecule has 1 aliphatic heterocycles. The van der Waals surface area contributed by atoms with Gasteiger partial charge in [0.1, 0.15) is 23.8 Å². The van der Waals surface area contributed by atoms with Gasteiger partial charge in [0.15, 0.2) is 17.7 Å². The van der Waals surface area contributed by atoms with Crippen molar-refractivity contribution in [1.82, 2.24) is 19.5 Å². The number of imidazole rings is 1. The molecule has 0 bridgehead atoms. The molecule has 11 heteroatoms. The molecule has 4 atom stereocenters. The van der Waals surface area contributed by atoms with Crippen molar-refractivity contribution in [2.75, 3.05) is 17.8 Å². The van der Waals surface area contributed by atoms with Crippen molar-refractivity contribution in [3.05, 3.63) is 6.33 Å². The van der Waals surface area contributed by atoms with Gasteiger partial charge in [-0.05, 0) is 18.8 Å². The van der Waals surface area contributed by atoms with Crippen LogP contribution in [0.4, 0.5) is 11.8 Å². The first-order valence-corrected chi connectivity index (χ1v) is 8.82. The summed E-state index contributed by atoms with van der Waals surface area (Å²) in [6.45, 7) is 3.85. The minimum absolute atomic E-state index is 0.144. The van der Waals surface area contributed by atoms with E-state index in [0.29, 0.717) is 17.1 Å². The van der Waals surface area contributed by atoms with Crippen molar-refractivity contribution < 1.29 is 20.1 Å². The van der Waals surface area contributed by atoms with Crippen LogP contribution in [-0.2, 0) is 4.74 Å². The fourth-order valence-electron chi connectivity index (χ4n) is 2.86.